The van der Waals surface area contributed by atoms with Gasteiger partial charge >= 0.3 is 0 Å². The number of nitrogens with one attached hydrogen (secondary N) is 1. The van der Waals surface area contributed by atoms with E-state index in [1.54, 1.807) is 7.11 Å². The van der Waals surface area contributed by atoms with Crippen LogP contribution in [0.15, 0.2) is 12.1 Å². The van der Waals surface area contributed by atoms with Crippen molar-refractivity contribution in [3.05, 3.63) is 28.5 Å². The number of halogens is 2. The molecule has 2 aliphatic rings. The van der Waals surface area contributed by atoms with Gasteiger partial charge in [0.05, 0.1) is 16.2 Å². The molecule has 6 atom stereocenters. The third-order valence-corrected chi connectivity index (χ3v) is 6.83. The highest BCUT2D eigenvalue weighted by Gasteiger charge is 2.50. The summed E-state index contributed by atoms with van der Waals surface area (Å²) in [5, 5.41) is 2.49. The highest BCUT2D eigenvalue weighted by molar-refractivity contribution is 7.49. The van der Waals surface area contributed by atoms with Crippen molar-refractivity contribution in [3.63, 3.8) is 0 Å². The minimum Gasteiger partial charge on any atom is -0.488 e. The Morgan fingerprint density at radius 2 is 1.97 bits per heavy atom. The summed E-state index contributed by atoms with van der Waals surface area (Å²) in [6.07, 6.45) is 3.84. The van der Waals surface area contributed by atoms with Crippen molar-refractivity contribution in [3.8, 4) is 5.75 Å². The third-order valence-electron chi connectivity index (χ3n) is 6.00. The Morgan fingerprint density at radius 3 is 2.57 bits per heavy atom. The Kier molecular flexibility index (Phi) is 8.93. The van der Waals surface area contributed by atoms with Crippen LogP contribution in [-0.2, 0) is 4.74 Å². The van der Waals surface area contributed by atoms with E-state index in [4.69, 9.17) is 21.1 Å². The average Bonchev–Trinajstić information content (AvgIpc) is 2.67. The molecule has 3 rings (SSSR count). The van der Waals surface area contributed by atoms with Crippen LogP contribution in [0.25, 0.3) is 0 Å². The molecule has 6 unspecified atom stereocenters. The molecule has 30 heavy (non-hydrogen) atoms. The van der Waals surface area contributed by atoms with Crippen LogP contribution in [0.2, 0.25) is 5.02 Å². The van der Waals surface area contributed by atoms with E-state index in [1.165, 1.54) is 18.8 Å². The molecule has 2 bridgehead atoms. The molecular weight excluding hydrogens is 428 g/mol. The Labute approximate surface area is 185 Å². The number of ether oxygens (including phenoxy) is 2. The fourth-order valence-electron chi connectivity index (χ4n) is 5.07. The van der Waals surface area contributed by atoms with Crippen LogP contribution in [-0.4, -0.2) is 36.3 Å². The number of rotatable bonds is 5. The van der Waals surface area contributed by atoms with E-state index in [1.807, 2.05) is 13.8 Å². The molecule has 0 aliphatic heterocycles. The van der Waals surface area contributed by atoms with Crippen molar-refractivity contribution in [2.75, 3.05) is 13.8 Å². The molecule has 5 nitrogen and oxygen atoms in total. The molecule has 1 aromatic rings. The molecule has 0 spiro atoms. The van der Waals surface area contributed by atoms with E-state index >= 15 is 0 Å². The van der Waals surface area contributed by atoms with Gasteiger partial charge in [0.15, 0.2) is 0 Å². The lowest BCUT2D eigenvalue weighted by Crippen LogP contribution is -2.53. The van der Waals surface area contributed by atoms with Crippen LogP contribution in [0.1, 0.15) is 63.7 Å². The first-order chi connectivity index (χ1) is 14.1. The molecule has 2 saturated carbocycles. The lowest BCUT2D eigenvalue weighted by Gasteiger charge is -2.52. The number of hydrogen-bond donors (Lipinski definition) is 2. The highest BCUT2D eigenvalue weighted by Crippen LogP contribution is 2.50. The molecule has 8 heteroatoms. The van der Waals surface area contributed by atoms with Gasteiger partial charge in [0.1, 0.15) is 26.0 Å². The van der Waals surface area contributed by atoms with Gasteiger partial charge < -0.3 is 19.5 Å². The van der Waals surface area contributed by atoms with Gasteiger partial charge in [-0.3, -0.25) is 4.79 Å². The normalized spacial score (nSPS) is 31.2. The molecule has 0 saturated heterocycles. The topological polar surface area (TPSA) is 67.8 Å². The zero-order chi connectivity index (χ0) is 22.6. The van der Waals surface area contributed by atoms with Gasteiger partial charge in [-0.15, -0.1) is 0 Å². The number of fused-ring (bicyclic) bond motifs is 2. The molecule has 0 heterocycles. The van der Waals surface area contributed by atoms with Crippen molar-refractivity contribution in [2.45, 2.75) is 65.1 Å². The maximum absolute atomic E-state index is 14.5. The van der Waals surface area contributed by atoms with E-state index < -0.39 is 20.0 Å². The quantitative estimate of drug-likeness (QED) is 0.545. The zero-order valence-electron chi connectivity index (χ0n) is 18.7. The zero-order valence-corrected chi connectivity index (χ0v) is 20.3. The summed E-state index contributed by atoms with van der Waals surface area (Å²) in [6.45, 7) is 9.81. The standard InChI is InChI=1S/C20H28ClFNO4P.C2H6/c1-11-5-13-10-20(8-11,26-3)9-12(2)18(13)27-17-7-16(22)14(6-15(17)21)19(24)23-28(4)25;1-2/h6-7,11-13,18,25H,5,8-10H2,1-4H3,(H,23,24);1-2H3. The second-order valence-electron chi connectivity index (χ2n) is 8.39. The molecule has 170 valence electrons. The third kappa shape index (κ3) is 5.64. The minimum absolute atomic E-state index is 0.0801. The summed E-state index contributed by atoms with van der Waals surface area (Å²) in [7, 11) is 0.103. The largest absolute Gasteiger partial charge is 0.488 e. The first-order valence-electron chi connectivity index (χ1n) is 10.6. The maximum atomic E-state index is 14.5. The monoisotopic (exact) mass is 461 g/mol. The van der Waals surface area contributed by atoms with Crippen molar-refractivity contribution < 1.29 is 23.6 Å². The molecule has 2 fully saturated rings. The summed E-state index contributed by atoms with van der Waals surface area (Å²) >= 11 is 6.31. The fraction of sp³-hybridized carbons (Fsp3) is 0.682. The number of methoxy groups -OCH3 is 1. The second kappa shape index (κ2) is 10.6. The van der Waals surface area contributed by atoms with Crippen LogP contribution in [0.3, 0.4) is 0 Å². The second-order valence-corrected chi connectivity index (χ2v) is 10.1. The van der Waals surface area contributed by atoms with Gasteiger partial charge in [0, 0.05) is 13.2 Å². The van der Waals surface area contributed by atoms with Gasteiger partial charge in [0.25, 0.3) is 5.91 Å². The Hall–Kier alpha value is -0.940. The summed E-state index contributed by atoms with van der Waals surface area (Å²) in [5.74, 6) is -0.0741. The van der Waals surface area contributed by atoms with Crippen LogP contribution in [0, 0.1) is 23.6 Å². The van der Waals surface area contributed by atoms with Gasteiger partial charge in [0.2, 0.25) is 0 Å². The highest BCUT2D eigenvalue weighted by atomic mass is 35.5. The molecule has 2 N–H and O–H groups in total. The van der Waals surface area contributed by atoms with E-state index in [0.29, 0.717) is 11.8 Å². The maximum Gasteiger partial charge on any atom is 0.259 e. The van der Waals surface area contributed by atoms with Gasteiger partial charge in [-0.2, -0.15) is 0 Å². The van der Waals surface area contributed by atoms with Crippen molar-refractivity contribution in [2.24, 2.45) is 17.8 Å². The average molecular weight is 462 g/mol. The van der Waals surface area contributed by atoms with Crippen LogP contribution < -0.4 is 9.82 Å². The molecular formula is C22H34ClFNO4P. The number of hydrogen-bond acceptors (Lipinski definition) is 4. The summed E-state index contributed by atoms with van der Waals surface area (Å²) in [6, 6.07) is 2.43. The van der Waals surface area contributed by atoms with E-state index in [-0.39, 0.29) is 34.0 Å². The number of carbonyl (C=O) groups is 1. The van der Waals surface area contributed by atoms with Crippen LogP contribution in [0.4, 0.5) is 4.39 Å². The van der Waals surface area contributed by atoms with Crippen LogP contribution in [0.5, 0.6) is 5.75 Å². The molecule has 1 amide bonds. The summed E-state index contributed by atoms with van der Waals surface area (Å²) in [4.78, 5) is 21.4. The van der Waals surface area contributed by atoms with Gasteiger partial charge in [-0.05, 0) is 56.2 Å². The smallest absolute Gasteiger partial charge is 0.259 e. The van der Waals surface area contributed by atoms with Gasteiger partial charge in [-0.1, -0.05) is 39.3 Å². The molecule has 0 radical (unpaired) electrons. The molecule has 1 aromatic carbocycles. The number of amides is 1. The molecule has 0 aromatic heterocycles. The predicted molar refractivity (Wildman–Crippen MR) is 120 cm³/mol. The first kappa shape index (κ1) is 25.3. The van der Waals surface area contributed by atoms with Crippen molar-refractivity contribution >= 4 is 25.8 Å². The fourth-order valence-corrected chi connectivity index (χ4v) is 5.70. The van der Waals surface area contributed by atoms with E-state index in [0.717, 1.165) is 25.7 Å². The van der Waals surface area contributed by atoms with Crippen molar-refractivity contribution in [1.82, 2.24) is 5.09 Å². The number of carbonyl (C=O) groups excluding carboxylic acids is 1. The van der Waals surface area contributed by atoms with E-state index in [9.17, 15) is 14.1 Å². The Morgan fingerprint density at radius 1 is 1.30 bits per heavy atom. The van der Waals surface area contributed by atoms with E-state index in [2.05, 4.69) is 18.9 Å². The minimum atomic E-state index is -1.68. The van der Waals surface area contributed by atoms with Crippen LogP contribution >= 0.6 is 19.9 Å². The summed E-state index contributed by atoms with van der Waals surface area (Å²) in [5.41, 5.74) is -0.302. The SMILES string of the molecule is CC.COC12CC(C)CC(C1)C(Oc1cc(F)c(C(=O)NP(C)O)cc1Cl)C(C)C2. The number of benzene rings is 1. The first-order valence-corrected chi connectivity index (χ1v) is 12.7. The predicted octanol–water partition coefficient (Wildman–Crippen LogP) is 5.78. The Bertz CT molecular complexity index is 746. The Balaban J connectivity index is 0.00000155. The molecule has 2 aliphatic carbocycles. The van der Waals surface area contributed by atoms with Crippen molar-refractivity contribution in [1.29, 1.82) is 0 Å². The lowest BCUT2D eigenvalue weighted by molar-refractivity contribution is -0.142. The summed E-state index contributed by atoms with van der Waals surface area (Å²) < 4.78 is 26.6. The lowest BCUT2D eigenvalue weighted by atomic mass is 9.61. The van der Waals surface area contributed by atoms with Gasteiger partial charge in [-0.25, -0.2) is 4.39 Å².